The number of hydrogen-bond donors (Lipinski definition) is 0. The minimum atomic E-state index is 0.855. The fourth-order valence-corrected chi connectivity index (χ4v) is 2.44. The third-order valence-corrected chi connectivity index (χ3v) is 3.15. The van der Waals surface area contributed by atoms with Crippen LogP contribution < -0.4 is 0 Å². The highest BCUT2D eigenvalue weighted by Gasteiger charge is 2.75. The van der Waals surface area contributed by atoms with Gasteiger partial charge >= 0.3 is 0 Å². The average molecular weight is 110 g/mol. The van der Waals surface area contributed by atoms with Gasteiger partial charge in [0.15, 0.2) is 0 Å². The molecule has 0 saturated heterocycles. The highest BCUT2D eigenvalue weighted by molar-refractivity contribution is 5.23. The third kappa shape index (κ3) is 0.340. The van der Waals surface area contributed by atoms with Crippen LogP contribution >= 0.6 is 0 Å². The monoisotopic (exact) mass is 110 g/mol. The second-order valence-corrected chi connectivity index (χ2v) is 4.09. The van der Waals surface area contributed by atoms with Gasteiger partial charge in [-0.25, -0.2) is 0 Å². The van der Waals surface area contributed by atoms with Crippen molar-refractivity contribution < 1.29 is 0 Å². The van der Waals surface area contributed by atoms with Crippen LogP contribution in [-0.4, -0.2) is 0 Å². The van der Waals surface area contributed by atoms with Crippen LogP contribution in [0.2, 0.25) is 0 Å². The highest BCUT2D eigenvalue weighted by atomic mass is 14.8. The maximum absolute atomic E-state index is 2.43. The molecule has 46 valence electrons. The van der Waals surface area contributed by atoms with E-state index in [-0.39, 0.29) is 0 Å². The highest BCUT2D eigenvalue weighted by Crippen LogP contribution is 2.81. The molecule has 0 aromatic carbocycles. The van der Waals surface area contributed by atoms with E-state index >= 15 is 0 Å². The molecule has 0 amide bonds. The molecule has 2 aliphatic rings. The van der Waals surface area contributed by atoms with E-state index in [2.05, 4.69) is 20.8 Å². The van der Waals surface area contributed by atoms with Gasteiger partial charge in [0.05, 0.1) is 0 Å². The van der Waals surface area contributed by atoms with E-state index in [0.29, 0.717) is 0 Å². The zero-order valence-corrected chi connectivity index (χ0v) is 5.94. The smallest absolute Gasteiger partial charge is 0.0258 e. The predicted molar refractivity (Wildman–Crippen MR) is 34.5 cm³/mol. The van der Waals surface area contributed by atoms with Crippen LogP contribution in [0.25, 0.3) is 0 Å². The number of rotatable bonds is 1. The fraction of sp³-hybridized carbons (Fsp3) is 1.00. The van der Waals surface area contributed by atoms with Crippen LogP contribution in [0.4, 0.5) is 0 Å². The second-order valence-electron chi connectivity index (χ2n) is 4.09. The zero-order chi connectivity index (χ0) is 5.94. The Bertz CT molecular complexity index is 124. The van der Waals surface area contributed by atoms with E-state index in [1.807, 2.05) is 0 Å². The maximum Gasteiger partial charge on any atom is -0.0258 e. The molecule has 3 atom stereocenters. The van der Waals surface area contributed by atoms with E-state index in [1.54, 1.807) is 0 Å². The summed E-state index contributed by atoms with van der Waals surface area (Å²) in [5, 5.41) is 0. The lowest BCUT2D eigenvalue weighted by atomic mass is 9.96. The minimum Gasteiger partial charge on any atom is -0.0625 e. The normalized spacial score (nSPS) is 58.5. The molecule has 0 spiro atoms. The first kappa shape index (κ1) is 4.84. The first-order valence-corrected chi connectivity index (χ1v) is 3.66. The van der Waals surface area contributed by atoms with Crippen LogP contribution in [0, 0.1) is 23.2 Å². The van der Waals surface area contributed by atoms with Gasteiger partial charge in [0, 0.05) is 0 Å². The summed E-state index contributed by atoms with van der Waals surface area (Å²) in [5.41, 5.74) is 0.855. The van der Waals surface area contributed by atoms with Gasteiger partial charge in [-0.05, 0) is 29.6 Å². The molecule has 2 aliphatic carbocycles. The Morgan fingerprint density at radius 3 is 2.00 bits per heavy atom. The molecule has 3 unspecified atom stereocenters. The Balaban J connectivity index is 2.00. The van der Waals surface area contributed by atoms with Crippen molar-refractivity contribution >= 4 is 0 Å². The molecule has 2 saturated carbocycles. The lowest BCUT2D eigenvalue weighted by molar-refractivity contribution is 0.395. The van der Waals surface area contributed by atoms with Crippen molar-refractivity contribution in [2.45, 2.75) is 27.2 Å². The molecular weight excluding hydrogens is 96.1 g/mol. The lowest BCUT2D eigenvalue weighted by Gasteiger charge is -2.09. The Labute approximate surface area is 51.3 Å². The molecule has 0 bridgehead atoms. The first-order chi connectivity index (χ1) is 3.66. The van der Waals surface area contributed by atoms with E-state index in [4.69, 9.17) is 0 Å². The first-order valence-electron chi connectivity index (χ1n) is 3.66. The minimum absolute atomic E-state index is 0.855. The van der Waals surface area contributed by atoms with Crippen molar-refractivity contribution in [2.24, 2.45) is 23.2 Å². The molecule has 2 rings (SSSR count). The molecule has 0 aliphatic heterocycles. The largest absolute Gasteiger partial charge is 0.0625 e. The molecule has 8 heavy (non-hydrogen) atoms. The summed E-state index contributed by atoms with van der Waals surface area (Å²) in [4.78, 5) is 0. The molecule has 0 radical (unpaired) electrons. The van der Waals surface area contributed by atoms with Crippen molar-refractivity contribution in [1.29, 1.82) is 0 Å². The SMILES string of the molecule is CC(C)C1C2CC21C. The lowest BCUT2D eigenvalue weighted by Crippen LogP contribution is -2.02. The van der Waals surface area contributed by atoms with Gasteiger partial charge in [-0.3, -0.25) is 0 Å². The van der Waals surface area contributed by atoms with Crippen molar-refractivity contribution in [3.8, 4) is 0 Å². The number of hydrogen-bond acceptors (Lipinski definition) is 0. The van der Waals surface area contributed by atoms with Gasteiger partial charge in [0.25, 0.3) is 0 Å². The predicted octanol–water partition coefficient (Wildman–Crippen LogP) is 2.30. The van der Waals surface area contributed by atoms with Crippen molar-refractivity contribution in [2.75, 3.05) is 0 Å². The Morgan fingerprint density at radius 1 is 1.50 bits per heavy atom. The fourth-order valence-electron chi connectivity index (χ4n) is 2.44. The van der Waals surface area contributed by atoms with Crippen LogP contribution in [0.3, 0.4) is 0 Å². The Morgan fingerprint density at radius 2 is 2.00 bits per heavy atom. The summed E-state index contributed by atoms with van der Waals surface area (Å²) in [7, 11) is 0. The van der Waals surface area contributed by atoms with E-state index in [0.717, 1.165) is 23.2 Å². The van der Waals surface area contributed by atoms with Crippen LogP contribution in [0.1, 0.15) is 27.2 Å². The van der Waals surface area contributed by atoms with E-state index < -0.39 is 0 Å². The third-order valence-electron chi connectivity index (χ3n) is 3.15. The van der Waals surface area contributed by atoms with E-state index in [9.17, 15) is 0 Å². The van der Waals surface area contributed by atoms with Crippen molar-refractivity contribution in [3.63, 3.8) is 0 Å². The summed E-state index contributed by atoms with van der Waals surface area (Å²) in [6.45, 7) is 7.13. The standard InChI is InChI=1S/C8H14/c1-5(2)7-6-4-8(6,7)3/h5-7H,4H2,1-3H3. The number of fused-ring (bicyclic) bond motifs is 1. The van der Waals surface area contributed by atoms with Gasteiger partial charge in [0.2, 0.25) is 0 Å². The zero-order valence-electron chi connectivity index (χ0n) is 5.94. The quantitative estimate of drug-likeness (QED) is 0.486. The molecule has 0 aromatic rings. The summed E-state index contributed by atoms with van der Waals surface area (Å²) in [5.74, 6) is 3.23. The molecule has 0 N–H and O–H groups in total. The maximum atomic E-state index is 2.43. The van der Waals surface area contributed by atoms with Crippen molar-refractivity contribution in [3.05, 3.63) is 0 Å². The van der Waals surface area contributed by atoms with Crippen LogP contribution in [-0.2, 0) is 0 Å². The Kier molecular flexibility index (Phi) is 0.595. The van der Waals surface area contributed by atoms with Gasteiger partial charge in [-0.15, -0.1) is 0 Å². The molecule has 2 fully saturated rings. The molecular formula is C8H14. The topological polar surface area (TPSA) is 0 Å². The Hall–Kier alpha value is 0. The summed E-state index contributed by atoms with van der Waals surface area (Å²) in [6, 6.07) is 0. The molecule has 0 nitrogen and oxygen atoms in total. The molecule has 0 heteroatoms. The second kappa shape index (κ2) is 0.984. The van der Waals surface area contributed by atoms with Gasteiger partial charge < -0.3 is 0 Å². The van der Waals surface area contributed by atoms with Gasteiger partial charge in [-0.2, -0.15) is 0 Å². The summed E-state index contributed by atoms with van der Waals surface area (Å²) < 4.78 is 0. The van der Waals surface area contributed by atoms with Crippen LogP contribution in [0.15, 0.2) is 0 Å². The van der Waals surface area contributed by atoms with Crippen LogP contribution in [0.5, 0.6) is 0 Å². The van der Waals surface area contributed by atoms with Gasteiger partial charge in [-0.1, -0.05) is 20.8 Å². The van der Waals surface area contributed by atoms with Gasteiger partial charge in [0.1, 0.15) is 0 Å². The summed E-state index contributed by atoms with van der Waals surface area (Å²) >= 11 is 0. The average Bonchev–Trinajstić information content (AvgIpc) is 2.23. The van der Waals surface area contributed by atoms with E-state index in [1.165, 1.54) is 6.42 Å². The molecule has 0 heterocycles. The summed E-state index contributed by atoms with van der Waals surface area (Å²) in [6.07, 6.45) is 1.54. The molecule has 0 aromatic heterocycles. The van der Waals surface area contributed by atoms with Crippen molar-refractivity contribution in [1.82, 2.24) is 0 Å².